The first-order chi connectivity index (χ1) is 10.3. The van der Waals surface area contributed by atoms with E-state index in [-0.39, 0.29) is 6.54 Å². The molecule has 0 aliphatic carbocycles. The van der Waals surface area contributed by atoms with Crippen LogP contribution in [0.3, 0.4) is 0 Å². The fourth-order valence-corrected chi connectivity index (χ4v) is 2.90. The maximum Gasteiger partial charge on any atom is 0.391 e. The van der Waals surface area contributed by atoms with Crippen molar-refractivity contribution in [3.05, 3.63) is 47.0 Å². The number of aliphatic hydroxyl groups is 1. The molecule has 1 heterocycles. The van der Waals surface area contributed by atoms with Crippen LogP contribution in [0.5, 0.6) is 0 Å². The van der Waals surface area contributed by atoms with Crippen LogP contribution in [0.4, 0.5) is 18.3 Å². The van der Waals surface area contributed by atoms with Crippen molar-refractivity contribution in [1.82, 2.24) is 4.98 Å². The van der Waals surface area contributed by atoms with Gasteiger partial charge in [0.25, 0.3) is 0 Å². The van der Waals surface area contributed by atoms with E-state index in [1.807, 2.05) is 42.6 Å². The van der Waals surface area contributed by atoms with Gasteiger partial charge in [-0.15, -0.1) is 11.3 Å². The summed E-state index contributed by atoms with van der Waals surface area (Å²) in [4.78, 5) is 5.99. The summed E-state index contributed by atoms with van der Waals surface area (Å²) in [6.07, 6.45) is -7.08. The smallest absolute Gasteiger partial charge is 0.391 e. The predicted octanol–water partition coefficient (Wildman–Crippen LogP) is 3.77. The van der Waals surface area contributed by atoms with Crippen LogP contribution in [0.25, 0.3) is 0 Å². The first-order valence-corrected chi connectivity index (χ1v) is 7.67. The quantitative estimate of drug-likeness (QED) is 0.876. The molecule has 2 rings (SSSR count). The second-order valence-corrected chi connectivity index (χ2v) is 5.95. The Morgan fingerprint density at radius 2 is 1.95 bits per heavy atom. The van der Waals surface area contributed by atoms with Crippen molar-refractivity contribution in [3.63, 3.8) is 0 Å². The number of aromatic nitrogens is 1. The summed E-state index contributed by atoms with van der Waals surface area (Å²) in [5, 5.41) is 12.2. The molecule has 3 nitrogen and oxygen atoms in total. The van der Waals surface area contributed by atoms with Crippen LogP contribution < -0.4 is 4.90 Å². The minimum atomic E-state index is -4.38. The largest absolute Gasteiger partial charge is 0.391 e. The summed E-state index contributed by atoms with van der Waals surface area (Å²) in [6, 6.07) is 9.40. The van der Waals surface area contributed by atoms with Crippen LogP contribution in [0.15, 0.2) is 35.7 Å². The highest BCUT2D eigenvalue weighted by molar-refractivity contribution is 7.13. The average molecular weight is 330 g/mol. The Hall–Kier alpha value is -1.60. The molecule has 0 saturated heterocycles. The molecular weight excluding hydrogens is 313 g/mol. The lowest BCUT2D eigenvalue weighted by molar-refractivity contribution is -0.152. The van der Waals surface area contributed by atoms with Crippen molar-refractivity contribution in [2.45, 2.75) is 32.2 Å². The Balaban J connectivity index is 2.11. The molecule has 22 heavy (non-hydrogen) atoms. The molecule has 0 aliphatic rings. The highest BCUT2D eigenvalue weighted by Crippen LogP contribution is 2.26. The van der Waals surface area contributed by atoms with Gasteiger partial charge in [-0.1, -0.05) is 30.3 Å². The third kappa shape index (κ3) is 5.31. The number of hydrogen-bond donors (Lipinski definition) is 1. The molecule has 0 radical (unpaired) electrons. The van der Waals surface area contributed by atoms with E-state index < -0.39 is 18.7 Å². The van der Waals surface area contributed by atoms with Crippen LogP contribution in [0.1, 0.15) is 17.7 Å². The van der Waals surface area contributed by atoms with Gasteiger partial charge in [0.05, 0.1) is 18.2 Å². The topological polar surface area (TPSA) is 36.4 Å². The molecule has 7 heteroatoms. The summed E-state index contributed by atoms with van der Waals surface area (Å²) in [5.41, 5.74) is 1.76. The van der Waals surface area contributed by atoms with Crippen molar-refractivity contribution in [3.8, 4) is 0 Å². The number of thiazole rings is 1. The highest BCUT2D eigenvalue weighted by Gasteiger charge is 2.32. The van der Waals surface area contributed by atoms with Crippen LogP contribution in [-0.2, 0) is 6.54 Å². The van der Waals surface area contributed by atoms with Gasteiger partial charge in [0.1, 0.15) is 0 Å². The van der Waals surface area contributed by atoms with E-state index in [1.54, 1.807) is 4.90 Å². The Bertz CT molecular complexity index is 586. The van der Waals surface area contributed by atoms with Gasteiger partial charge in [0.15, 0.2) is 5.13 Å². The Morgan fingerprint density at radius 1 is 1.27 bits per heavy atom. The summed E-state index contributed by atoms with van der Waals surface area (Å²) >= 11 is 1.36. The lowest BCUT2D eigenvalue weighted by atomic mass is 10.2. The number of halogens is 3. The maximum absolute atomic E-state index is 12.4. The summed E-state index contributed by atoms with van der Waals surface area (Å²) in [6.45, 7) is 2.12. The molecular formula is C15H17F3N2OS. The van der Waals surface area contributed by atoms with E-state index in [0.29, 0.717) is 11.7 Å². The molecule has 0 saturated carbocycles. The zero-order valence-corrected chi connectivity index (χ0v) is 12.9. The van der Waals surface area contributed by atoms with Crippen molar-refractivity contribution < 1.29 is 18.3 Å². The summed E-state index contributed by atoms with van der Waals surface area (Å²) in [7, 11) is 0. The average Bonchev–Trinajstić information content (AvgIpc) is 2.84. The van der Waals surface area contributed by atoms with Gasteiger partial charge in [-0.3, -0.25) is 0 Å². The lowest BCUT2D eigenvalue weighted by Crippen LogP contribution is -2.34. The van der Waals surface area contributed by atoms with Crippen molar-refractivity contribution in [1.29, 1.82) is 0 Å². The number of anilines is 1. The molecule has 0 spiro atoms. The van der Waals surface area contributed by atoms with Gasteiger partial charge >= 0.3 is 6.18 Å². The van der Waals surface area contributed by atoms with Crippen LogP contribution in [0, 0.1) is 6.92 Å². The molecule has 0 bridgehead atoms. The van der Waals surface area contributed by atoms with E-state index >= 15 is 0 Å². The fourth-order valence-electron chi connectivity index (χ4n) is 2.09. The molecule has 1 unspecified atom stereocenters. The normalized spacial score (nSPS) is 13.1. The number of nitrogens with zero attached hydrogens (tertiary/aromatic N) is 2. The minimum Gasteiger partial charge on any atom is -0.391 e. The number of aryl methyl sites for hydroxylation is 1. The maximum atomic E-state index is 12.4. The van der Waals surface area contributed by atoms with Gasteiger partial charge in [-0.05, 0) is 12.5 Å². The summed E-state index contributed by atoms with van der Waals surface area (Å²) in [5.74, 6) is 0. The standard InChI is InChI=1S/C15H17F3N2OS/c1-11-10-22-14(19-11)20(8-12-5-3-2-4-6-12)9-13(21)7-15(16,17)18/h2-6,10,13,21H,7-9H2,1H3. The van der Waals surface area contributed by atoms with Gasteiger partial charge < -0.3 is 10.0 Å². The van der Waals surface area contributed by atoms with E-state index in [2.05, 4.69) is 4.98 Å². The van der Waals surface area contributed by atoms with Crippen LogP contribution in [-0.4, -0.2) is 28.9 Å². The van der Waals surface area contributed by atoms with Gasteiger partial charge in [-0.25, -0.2) is 4.98 Å². The Morgan fingerprint density at radius 3 is 2.50 bits per heavy atom. The van der Waals surface area contributed by atoms with Gasteiger partial charge in [0, 0.05) is 18.5 Å². The number of benzene rings is 1. The zero-order valence-electron chi connectivity index (χ0n) is 12.0. The van der Waals surface area contributed by atoms with E-state index in [4.69, 9.17) is 0 Å². The minimum absolute atomic E-state index is 0.110. The van der Waals surface area contributed by atoms with E-state index in [0.717, 1.165) is 11.3 Å². The fraction of sp³-hybridized carbons (Fsp3) is 0.400. The molecule has 1 aromatic heterocycles. The monoisotopic (exact) mass is 330 g/mol. The first kappa shape index (κ1) is 16.8. The third-order valence-electron chi connectivity index (χ3n) is 2.99. The molecule has 120 valence electrons. The predicted molar refractivity (Wildman–Crippen MR) is 81.0 cm³/mol. The molecule has 0 fully saturated rings. The molecule has 1 atom stereocenters. The SMILES string of the molecule is Cc1csc(N(Cc2ccccc2)CC(O)CC(F)(F)F)n1. The second kappa shape index (κ2) is 7.11. The number of rotatable bonds is 6. The zero-order chi connectivity index (χ0) is 16.2. The Kier molecular flexibility index (Phi) is 5.42. The lowest BCUT2D eigenvalue weighted by Gasteiger charge is -2.25. The number of hydrogen-bond acceptors (Lipinski definition) is 4. The number of aliphatic hydroxyl groups excluding tert-OH is 1. The van der Waals surface area contributed by atoms with Crippen LogP contribution >= 0.6 is 11.3 Å². The second-order valence-electron chi connectivity index (χ2n) is 5.11. The van der Waals surface area contributed by atoms with Crippen molar-refractivity contribution in [2.24, 2.45) is 0 Å². The molecule has 1 N–H and O–H groups in total. The molecule has 0 aliphatic heterocycles. The third-order valence-corrected chi connectivity index (χ3v) is 4.01. The molecule has 1 aromatic carbocycles. The molecule has 0 amide bonds. The molecule has 2 aromatic rings. The van der Waals surface area contributed by atoms with E-state index in [9.17, 15) is 18.3 Å². The van der Waals surface area contributed by atoms with Crippen molar-refractivity contribution >= 4 is 16.5 Å². The van der Waals surface area contributed by atoms with Crippen molar-refractivity contribution in [2.75, 3.05) is 11.4 Å². The Labute approximate surface area is 131 Å². The van der Waals surface area contributed by atoms with Crippen LogP contribution in [0.2, 0.25) is 0 Å². The first-order valence-electron chi connectivity index (χ1n) is 6.79. The van der Waals surface area contributed by atoms with Gasteiger partial charge in [0.2, 0.25) is 0 Å². The number of alkyl halides is 3. The van der Waals surface area contributed by atoms with E-state index in [1.165, 1.54) is 11.3 Å². The summed E-state index contributed by atoms with van der Waals surface area (Å²) < 4.78 is 37.2. The highest BCUT2D eigenvalue weighted by atomic mass is 32.1. The van der Waals surface area contributed by atoms with Gasteiger partial charge in [-0.2, -0.15) is 13.2 Å².